The zero-order chi connectivity index (χ0) is 19.3. The molecule has 0 fully saturated rings. The standard InChI is InChI=1S/C18H19FN2O4S/c1-10(6-15(22)23)9-20-18(25)16-11(2)7-14(26-16)21-17(24)12-4-3-5-13(19)8-12/h3-5,7-8,10H,6,9H2,1-2H3,(H,20,25)(H,21,24)(H,22,23). The molecular weight excluding hydrogens is 359 g/mol. The minimum absolute atomic E-state index is 0.0291. The highest BCUT2D eigenvalue weighted by Crippen LogP contribution is 2.27. The first-order valence-electron chi connectivity index (χ1n) is 7.93. The second-order valence-corrected chi connectivity index (χ2v) is 7.05. The number of carboxylic acid groups (broad SMARTS) is 1. The Balaban J connectivity index is 2.00. The SMILES string of the molecule is Cc1cc(NC(=O)c2cccc(F)c2)sc1C(=O)NCC(C)CC(=O)O. The number of amides is 2. The summed E-state index contributed by atoms with van der Waals surface area (Å²) in [6, 6.07) is 6.99. The van der Waals surface area contributed by atoms with E-state index in [1.165, 1.54) is 18.2 Å². The maximum Gasteiger partial charge on any atom is 0.303 e. The summed E-state index contributed by atoms with van der Waals surface area (Å²) in [5.41, 5.74) is 0.873. The first-order chi connectivity index (χ1) is 12.3. The summed E-state index contributed by atoms with van der Waals surface area (Å²) < 4.78 is 13.2. The number of anilines is 1. The molecule has 0 bridgehead atoms. The first kappa shape index (κ1) is 19.6. The first-order valence-corrected chi connectivity index (χ1v) is 8.75. The van der Waals surface area contributed by atoms with Gasteiger partial charge in [0.15, 0.2) is 0 Å². The molecule has 2 rings (SSSR count). The summed E-state index contributed by atoms with van der Waals surface area (Å²) >= 11 is 1.11. The monoisotopic (exact) mass is 378 g/mol. The summed E-state index contributed by atoms with van der Waals surface area (Å²) in [4.78, 5) is 35.5. The molecule has 1 atom stereocenters. The fourth-order valence-electron chi connectivity index (χ4n) is 2.30. The Morgan fingerprint density at radius 1 is 1.23 bits per heavy atom. The molecule has 1 unspecified atom stereocenters. The number of benzene rings is 1. The molecule has 1 aromatic heterocycles. The largest absolute Gasteiger partial charge is 0.481 e. The van der Waals surface area contributed by atoms with E-state index in [9.17, 15) is 18.8 Å². The number of carbonyl (C=O) groups is 3. The van der Waals surface area contributed by atoms with E-state index in [2.05, 4.69) is 10.6 Å². The lowest BCUT2D eigenvalue weighted by Crippen LogP contribution is -2.29. The molecule has 1 aromatic carbocycles. The van der Waals surface area contributed by atoms with E-state index in [4.69, 9.17) is 5.11 Å². The van der Waals surface area contributed by atoms with Crippen LogP contribution in [0, 0.1) is 18.7 Å². The van der Waals surface area contributed by atoms with Crippen LogP contribution in [0.4, 0.5) is 9.39 Å². The lowest BCUT2D eigenvalue weighted by Gasteiger charge is -2.09. The average Bonchev–Trinajstić information content (AvgIpc) is 2.92. The smallest absolute Gasteiger partial charge is 0.303 e. The summed E-state index contributed by atoms with van der Waals surface area (Å²) in [5, 5.41) is 14.6. The molecule has 0 aliphatic heterocycles. The molecule has 2 aromatic rings. The molecule has 0 aliphatic rings. The topological polar surface area (TPSA) is 95.5 Å². The number of thiophene rings is 1. The van der Waals surface area contributed by atoms with Crippen LogP contribution in [0.15, 0.2) is 30.3 Å². The predicted octanol–water partition coefficient (Wildman–Crippen LogP) is 3.29. The van der Waals surface area contributed by atoms with Crippen molar-refractivity contribution in [2.75, 3.05) is 11.9 Å². The third-order valence-electron chi connectivity index (χ3n) is 3.58. The maximum absolute atomic E-state index is 13.2. The molecule has 6 nitrogen and oxygen atoms in total. The van der Waals surface area contributed by atoms with Gasteiger partial charge < -0.3 is 15.7 Å². The summed E-state index contributed by atoms with van der Waals surface area (Å²) in [6.45, 7) is 3.72. The van der Waals surface area contributed by atoms with Gasteiger partial charge in [-0.3, -0.25) is 14.4 Å². The van der Waals surface area contributed by atoms with E-state index in [-0.39, 0.29) is 30.4 Å². The molecule has 8 heteroatoms. The summed E-state index contributed by atoms with van der Waals surface area (Å²) in [6.07, 6.45) is -0.0291. The normalized spacial score (nSPS) is 11.7. The Hall–Kier alpha value is -2.74. The molecule has 3 N–H and O–H groups in total. The molecule has 0 saturated carbocycles. The molecule has 0 radical (unpaired) electrons. The van der Waals surface area contributed by atoms with Crippen molar-refractivity contribution in [3.8, 4) is 0 Å². The number of aryl methyl sites for hydroxylation is 1. The Bertz CT molecular complexity index is 834. The van der Waals surface area contributed by atoms with Gasteiger partial charge in [0, 0.05) is 18.5 Å². The molecule has 0 spiro atoms. The van der Waals surface area contributed by atoms with Crippen LogP contribution in [-0.4, -0.2) is 29.4 Å². The zero-order valence-corrected chi connectivity index (χ0v) is 15.2. The van der Waals surface area contributed by atoms with Crippen LogP contribution >= 0.6 is 11.3 Å². The van der Waals surface area contributed by atoms with E-state index < -0.39 is 17.7 Å². The number of carboxylic acids is 1. The van der Waals surface area contributed by atoms with E-state index in [0.29, 0.717) is 15.4 Å². The molecule has 0 aliphatic carbocycles. The summed E-state index contributed by atoms with van der Waals surface area (Å²) in [7, 11) is 0. The summed E-state index contributed by atoms with van der Waals surface area (Å²) in [5.74, 6) is -2.40. The van der Waals surface area contributed by atoms with Crippen molar-refractivity contribution in [3.05, 3.63) is 52.2 Å². The Kier molecular flexibility index (Phi) is 6.46. The lowest BCUT2D eigenvalue weighted by molar-refractivity contribution is -0.137. The van der Waals surface area contributed by atoms with E-state index >= 15 is 0 Å². The van der Waals surface area contributed by atoms with Gasteiger partial charge in [-0.05, 0) is 42.7 Å². The van der Waals surface area contributed by atoms with Gasteiger partial charge in [0.05, 0.1) is 9.88 Å². The fourth-order valence-corrected chi connectivity index (χ4v) is 3.28. The van der Waals surface area contributed by atoms with Gasteiger partial charge in [-0.15, -0.1) is 11.3 Å². The zero-order valence-electron chi connectivity index (χ0n) is 14.3. The highest BCUT2D eigenvalue weighted by Gasteiger charge is 2.17. The average molecular weight is 378 g/mol. The number of rotatable bonds is 7. The lowest BCUT2D eigenvalue weighted by atomic mass is 10.1. The molecule has 0 saturated heterocycles. The molecule has 26 heavy (non-hydrogen) atoms. The van der Waals surface area contributed by atoms with Gasteiger partial charge in [-0.2, -0.15) is 0 Å². The van der Waals surface area contributed by atoms with E-state index in [1.54, 1.807) is 19.9 Å². The number of nitrogens with one attached hydrogen (secondary N) is 2. The third-order valence-corrected chi connectivity index (χ3v) is 4.73. The maximum atomic E-state index is 13.2. The third kappa shape index (κ3) is 5.38. The highest BCUT2D eigenvalue weighted by molar-refractivity contribution is 7.18. The Labute approximate surface area is 154 Å². The van der Waals surface area contributed by atoms with Crippen LogP contribution in [0.5, 0.6) is 0 Å². The number of hydrogen-bond acceptors (Lipinski definition) is 4. The molecular formula is C18H19FN2O4S. The molecule has 2 amide bonds. The van der Waals surface area contributed by atoms with Gasteiger partial charge in [0.2, 0.25) is 0 Å². The van der Waals surface area contributed by atoms with Crippen LogP contribution in [0.25, 0.3) is 0 Å². The fraction of sp³-hybridized carbons (Fsp3) is 0.278. The quantitative estimate of drug-likeness (QED) is 0.689. The second-order valence-electron chi connectivity index (χ2n) is 6.00. The highest BCUT2D eigenvalue weighted by atomic mass is 32.1. The minimum atomic E-state index is -0.915. The van der Waals surface area contributed by atoms with E-state index in [1.807, 2.05) is 0 Å². The number of halogens is 1. The van der Waals surface area contributed by atoms with Gasteiger partial charge in [-0.25, -0.2) is 4.39 Å². The van der Waals surface area contributed by atoms with Gasteiger partial charge in [0.1, 0.15) is 5.82 Å². The molecule has 1 heterocycles. The Morgan fingerprint density at radius 2 is 1.96 bits per heavy atom. The van der Waals surface area contributed by atoms with Crippen LogP contribution < -0.4 is 10.6 Å². The van der Waals surface area contributed by atoms with Crippen molar-refractivity contribution in [2.45, 2.75) is 20.3 Å². The van der Waals surface area contributed by atoms with Gasteiger partial charge >= 0.3 is 5.97 Å². The predicted molar refractivity (Wildman–Crippen MR) is 97.2 cm³/mol. The van der Waals surface area contributed by atoms with Crippen molar-refractivity contribution < 1.29 is 23.9 Å². The van der Waals surface area contributed by atoms with Crippen LogP contribution in [0.2, 0.25) is 0 Å². The van der Waals surface area contributed by atoms with Crippen LogP contribution in [0.1, 0.15) is 38.9 Å². The van der Waals surface area contributed by atoms with E-state index in [0.717, 1.165) is 17.4 Å². The number of carbonyl (C=O) groups excluding carboxylic acids is 2. The van der Waals surface area contributed by atoms with Gasteiger partial charge in [0.25, 0.3) is 11.8 Å². The Morgan fingerprint density at radius 3 is 2.62 bits per heavy atom. The number of aliphatic carboxylic acids is 1. The van der Waals surface area contributed by atoms with Gasteiger partial charge in [-0.1, -0.05) is 13.0 Å². The van der Waals surface area contributed by atoms with Crippen molar-refractivity contribution in [1.29, 1.82) is 0 Å². The van der Waals surface area contributed by atoms with Crippen LogP contribution in [-0.2, 0) is 4.79 Å². The van der Waals surface area contributed by atoms with Crippen molar-refractivity contribution in [1.82, 2.24) is 5.32 Å². The van der Waals surface area contributed by atoms with Crippen molar-refractivity contribution in [2.24, 2.45) is 5.92 Å². The number of hydrogen-bond donors (Lipinski definition) is 3. The van der Waals surface area contributed by atoms with Crippen molar-refractivity contribution >= 4 is 34.1 Å². The van der Waals surface area contributed by atoms with Crippen LogP contribution in [0.3, 0.4) is 0 Å². The molecule has 138 valence electrons. The minimum Gasteiger partial charge on any atom is -0.481 e. The van der Waals surface area contributed by atoms with Crippen molar-refractivity contribution in [3.63, 3.8) is 0 Å². The second kappa shape index (κ2) is 8.57.